The lowest BCUT2D eigenvalue weighted by Gasteiger charge is -2.16. The van der Waals surface area contributed by atoms with Crippen molar-refractivity contribution >= 4 is 0 Å². The summed E-state index contributed by atoms with van der Waals surface area (Å²) in [6, 6.07) is 9.89. The quantitative estimate of drug-likeness (QED) is 0.802. The van der Waals surface area contributed by atoms with E-state index in [1.807, 2.05) is 24.3 Å². The number of likely N-dealkylation sites (tertiary alicyclic amines) is 1. The van der Waals surface area contributed by atoms with Crippen LogP contribution in [0.3, 0.4) is 0 Å². The minimum atomic E-state index is 0.352. The van der Waals surface area contributed by atoms with E-state index in [2.05, 4.69) is 35.0 Å². The summed E-state index contributed by atoms with van der Waals surface area (Å²) in [6.07, 6.45) is 2.58. The zero-order valence-corrected chi connectivity index (χ0v) is 14.7. The Morgan fingerprint density at radius 1 is 1.04 bits per heavy atom. The van der Waals surface area contributed by atoms with Crippen molar-refractivity contribution in [2.75, 3.05) is 20.2 Å². The van der Waals surface area contributed by atoms with Gasteiger partial charge in [-0.15, -0.1) is 5.10 Å². The van der Waals surface area contributed by atoms with Crippen LogP contribution >= 0.6 is 0 Å². The average molecular weight is 327 g/mol. The molecular formula is C19H25N3O2. The molecule has 0 unspecified atom stereocenters. The van der Waals surface area contributed by atoms with Gasteiger partial charge in [0.2, 0.25) is 5.88 Å². The second-order valence-electron chi connectivity index (χ2n) is 6.52. The van der Waals surface area contributed by atoms with E-state index < -0.39 is 0 Å². The van der Waals surface area contributed by atoms with E-state index in [1.54, 1.807) is 7.11 Å². The Balaban J connectivity index is 1.77. The van der Waals surface area contributed by atoms with Crippen LogP contribution in [0.15, 0.2) is 30.3 Å². The highest BCUT2D eigenvalue weighted by molar-refractivity contribution is 5.44. The number of ether oxygens (including phenoxy) is 2. The molecule has 0 amide bonds. The van der Waals surface area contributed by atoms with Gasteiger partial charge >= 0.3 is 0 Å². The van der Waals surface area contributed by atoms with Gasteiger partial charge in [-0.2, -0.15) is 5.10 Å². The normalized spacial score (nSPS) is 15.0. The van der Waals surface area contributed by atoms with E-state index in [4.69, 9.17) is 9.47 Å². The number of rotatable bonds is 6. The van der Waals surface area contributed by atoms with Crippen LogP contribution in [-0.4, -0.2) is 35.3 Å². The summed E-state index contributed by atoms with van der Waals surface area (Å²) in [7, 11) is 1.65. The van der Waals surface area contributed by atoms with E-state index in [-0.39, 0.29) is 0 Å². The molecule has 0 aliphatic carbocycles. The molecule has 1 aliphatic rings. The molecule has 24 heavy (non-hydrogen) atoms. The third kappa shape index (κ3) is 4.03. The summed E-state index contributed by atoms with van der Waals surface area (Å²) in [5, 5.41) is 8.38. The Hall–Kier alpha value is -2.14. The Morgan fingerprint density at radius 2 is 1.83 bits per heavy atom. The van der Waals surface area contributed by atoms with Gasteiger partial charge in [-0.3, -0.25) is 4.90 Å². The van der Waals surface area contributed by atoms with Crippen LogP contribution in [0.5, 0.6) is 17.4 Å². The molecule has 128 valence electrons. The van der Waals surface area contributed by atoms with E-state index in [0.717, 1.165) is 12.2 Å². The lowest BCUT2D eigenvalue weighted by molar-refractivity contribution is 0.329. The van der Waals surface area contributed by atoms with Gasteiger partial charge in [-0.05, 0) is 55.6 Å². The van der Waals surface area contributed by atoms with E-state index in [9.17, 15) is 0 Å². The minimum absolute atomic E-state index is 0.352. The fourth-order valence-corrected chi connectivity index (χ4v) is 2.90. The highest BCUT2D eigenvalue weighted by atomic mass is 16.5. The van der Waals surface area contributed by atoms with Gasteiger partial charge in [-0.25, -0.2) is 0 Å². The van der Waals surface area contributed by atoms with Crippen molar-refractivity contribution < 1.29 is 9.47 Å². The molecule has 0 bridgehead atoms. The van der Waals surface area contributed by atoms with Crippen molar-refractivity contribution in [3.8, 4) is 17.4 Å². The minimum Gasteiger partial charge on any atom is -0.493 e. The van der Waals surface area contributed by atoms with Crippen molar-refractivity contribution in [1.29, 1.82) is 0 Å². The topological polar surface area (TPSA) is 47.5 Å². The van der Waals surface area contributed by atoms with Crippen LogP contribution < -0.4 is 9.47 Å². The zero-order chi connectivity index (χ0) is 16.9. The summed E-state index contributed by atoms with van der Waals surface area (Å²) < 4.78 is 11.3. The van der Waals surface area contributed by atoms with Crippen LogP contribution in [0, 0.1) is 0 Å². The van der Waals surface area contributed by atoms with Gasteiger partial charge in [0.05, 0.1) is 12.8 Å². The van der Waals surface area contributed by atoms with Gasteiger partial charge < -0.3 is 9.47 Å². The predicted octanol–water partition coefficient (Wildman–Crippen LogP) is 4.00. The molecule has 5 heteroatoms. The van der Waals surface area contributed by atoms with E-state index in [0.29, 0.717) is 23.3 Å². The van der Waals surface area contributed by atoms with Gasteiger partial charge in [0.15, 0.2) is 11.5 Å². The standard InChI is InChI=1S/C19H25N3O2/c1-14(2)16-7-9-19(21-20-16)24-18-12-15(6-8-17(18)23-3)13-22-10-4-5-11-22/h6-9,12,14H,4-5,10-11,13H2,1-3H3. The van der Waals surface area contributed by atoms with Crippen LogP contribution in [0.4, 0.5) is 0 Å². The molecule has 1 saturated heterocycles. The molecule has 1 aliphatic heterocycles. The molecule has 0 saturated carbocycles. The van der Waals surface area contributed by atoms with Gasteiger partial charge in [0, 0.05) is 12.6 Å². The molecule has 0 atom stereocenters. The number of hydrogen-bond donors (Lipinski definition) is 0. The molecular weight excluding hydrogens is 302 g/mol. The summed E-state index contributed by atoms with van der Waals surface area (Å²) >= 11 is 0. The number of hydrogen-bond acceptors (Lipinski definition) is 5. The van der Waals surface area contributed by atoms with Crippen molar-refractivity contribution in [3.05, 3.63) is 41.6 Å². The second-order valence-corrected chi connectivity index (χ2v) is 6.52. The number of methoxy groups -OCH3 is 1. The number of benzene rings is 1. The highest BCUT2D eigenvalue weighted by Crippen LogP contribution is 2.32. The molecule has 2 aromatic rings. The van der Waals surface area contributed by atoms with Gasteiger partial charge in [0.1, 0.15) is 0 Å². The number of aromatic nitrogens is 2. The second kappa shape index (κ2) is 7.62. The summed E-state index contributed by atoms with van der Waals surface area (Å²) in [6.45, 7) is 7.47. The summed E-state index contributed by atoms with van der Waals surface area (Å²) in [4.78, 5) is 2.46. The van der Waals surface area contributed by atoms with Crippen LogP contribution in [-0.2, 0) is 6.54 Å². The SMILES string of the molecule is COc1ccc(CN2CCCC2)cc1Oc1ccc(C(C)C)nn1. The Bertz CT molecular complexity index is 665. The lowest BCUT2D eigenvalue weighted by atomic mass is 10.1. The third-order valence-corrected chi connectivity index (χ3v) is 4.30. The Morgan fingerprint density at radius 3 is 2.46 bits per heavy atom. The summed E-state index contributed by atoms with van der Waals surface area (Å²) in [5.41, 5.74) is 2.18. The van der Waals surface area contributed by atoms with Crippen molar-refractivity contribution in [3.63, 3.8) is 0 Å². The first kappa shape index (κ1) is 16.7. The lowest BCUT2D eigenvalue weighted by Crippen LogP contribution is -2.18. The molecule has 1 aromatic carbocycles. The summed E-state index contributed by atoms with van der Waals surface area (Å²) in [5.74, 6) is 2.22. The molecule has 5 nitrogen and oxygen atoms in total. The fourth-order valence-electron chi connectivity index (χ4n) is 2.90. The maximum atomic E-state index is 5.92. The highest BCUT2D eigenvalue weighted by Gasteiger charge is 2.14. The smallest absolute Gasteiger partial charge is 0.239 e. The van der Waals surface area contributed by atoms with Crippen molar-refractivity contribution in [2.24, 2.45) is 0 Å². The first-order chi connectivity index (χ1) is 11.7. The van der Waals surface area contributed by atoms with Crippen molar-refractivity contribution in [1.82, 2.24) is 15.1 Å². The van der Waals surface area contributed by atoms with Crippen LogP contribution in [0.1, 0.15) is 43.9 Å². The molecule has 1 fully saturated rings. The third-order valence-electron chi connectivity index (χ3n) is 4.30. The zero-order valence-electron chi connectivity index (χ0n) is 14.7. The van der Waals surface area contributed by atoms with Gasteiger partial charge in [-0.1, -0.05) is 19.9 Å². The maximum Gasteiger partial charge on any atom is 0.239 e. The maximum absolute atomic E-state index is 5.92. The molecule has 0 radical (unpaired) electrons. The fraction of sp³-hybridized carbons (Fsp3) is 0.474. The van der Waals surface area contributed by atoms with Gasteiger partial charge in [0.25, 0.3) is 0 Å². The monoisotopic (exact) mass is 327 g/mol. The predicted molar refractivity (Wildman–Crippen MR) is 93.7 cm³/mol. The first-order valence-electron chi connectivity index (χ1n) is 8.56. The Labute approximate surface area is 143 Å². The van der Waals surface area contributed by atoms with E-state index >= 15 is 0 Å². The molecule has 3 rings (SSSR count). The van der Waals surface area contributed by atoms with Crippen LogP contribution in [0.2, 0.25) is 0 Å². The first-order valence-corrected chi connectivity index (χ1v) is 8.56. The number of nitrogens with zero attached hydrogens (tertiary/aromatic N) is 3. The molecule has 2 heterocycles. The average Bonchev–Trinajstić information content (AvgIpc) is 3.09. The molecule has 1 aromatic heterocycles. The largest absolute Gasteiger partial charge is 0.493 e. The molecule has 0 spiro atoms. The van der Waals surface area contributed by atoms with Crippen LogP contribution in [0.25, 0.3) is 0 Å². The van der Waals surface area contributed by atoms with E-state index in [1.165, 1.54) is 31.5 Å². The Kier molecular flexibility index (Phi) is 5.30. The van der Waals surface area contributed by atoms with Crippen molar-refractivity contribution in [2.45, 2.75) is 39.2 Å². The molecule has 0 N–H and O–H groups in total.